The highest BCUT2D eigenvalue weighted by molar-refractivity contribution is 9.09. The summed E-state index contributed by atoms with van der Waals surface area (Å²) in [7, 11) is 0. The lowest BCUT2D eigenvalue weighted by molar-refractivity contribution is -0.132. The third-order valence-corrected chi connectivity index (χ3v) is 3.92. The van der Waals surface area contributed by atoms with Gasteiger partial charge in [0.05, 0.1) is 0 Å². The number of hydrogen-bond acceptors (Lipinski definition) is 2. The van der Waals surface area contributed by atoms with Crippen molar-refractivity contribution in [2.75, 3.05) is 38.1 Å². The van der Waals surface area contributed by atoms with E-state index in [4.69, 9.17) is 0 Å². The Bertz CT molecular complexity index is 235. The molecule has 1 amide bonds. The molecule has 1 rings (SSSR count). The summed E-state index contributed by atoms with van der Waals surface area (Å²) in [6.07, 6.45) is 2.92. The van der Waals surface area contributed by atoms with E-state index in [0.717, 1.165) is 57.3 Å². The molecule has 1 saturated heterocycles. The maximum absolute atomic E-state index is 12.1. The highest BCUT2D eigenvalue weighted by Crippen LogP contribution is 2.11. The number of carbonyl (C=O) groups excluding carboxylic acids is 1. The SMILES string of the molecule is CCC(C)CC(=O)N1CCCN(CCBr)CC1. The highest BCUT2D eigenvalue weighted by atomic mass is 79.9. The molecule has 3 nitrogen and oxygen atoms in total. The van der Waals surface area contributed by atoms with Crippen molar-refractivity contribution < 1.29 is 4.79 Å². The van der Waals surface area contributed by atoms with Crippen LogP contribution in [0.2, 0.25) is 0 Å². The van der Waals surface area contributed by atoms with Gasteiger partial charge < -0.3 is 9.80 Å². The monoisotopic (exact) mass is 304 g/mol. The lowest BCUT2D eigenvalue weighted by Crippen LogP contribution is -2.36. The van der Waals surface area contributed by atoms with Crippen LogP contribution in [0.1, 0.15) is 33.1 Å². The number of rotatable bonds is 5. The molecule has 17 heavy (non-hydrogen) atoms. The summed E-state index contributed by atoms with van der Waals surface area (Å²) in [6.45, 7) is 9.39. The van der Waals surface area contributed by atoms with E-state index >= 15 is 0 Å². The predicted octanol–water partition coefficient (Wildman–Crippen LogP) is 2.35. The first kappa shape index (κ1) is 15.0. The second kappa shape index (κ2) is 8.09. The summed E-state index contributed by atoms with van der Waals surface area (Å²) in [5.74, 6) is 0.865. The van der Waals surface area contributed by atoms with Crippen LogP contribution in [0.4, 0.5) is 0 Å². The fourth-order valence-electron chi connectivity index (χ4n) is 2.13. The van der Waals surface area contributed by atoms with E-state index in [2.05, 4.69) is 39.6 Å². The van der Waals surface area contributed by atoms with Crippen LogP contribution in [0.5, 0.6) is 0 Å². The van der Waals surface area contributed by atoms with E-state index in [-0.39, 0.29) is 0 Å². The Balaban J connectivity index is 2.37. The number of nitrogens with zero attached hydrogens (tertiary/aromatic N) is 2. The minimum atomic E-state index is 0.347. The van der Waals surface area contributed by atoms with Gasteiger partial charge in [0.2, 0.25) is 5.91 Å². The number of alkyl halides is 1. The number of amides is 1. The first-order valence-corrected chi connectivity index (χ1v) is 7.85. The average molecular weight is 305 g/mol. The maximum atomic E-state index is 12.1. The Labute approximate surface area is 114 Å². The van der Waals surface area contributed by atoms with Crippen LogP contribution < -0.4 is 0 Å². The Morgan fingerprint density at radius 2 is 2.06 bits per heavy atom. The molecule has 0 saturated carbocycles. The largest absolute Gasteiger partial charge is 0.341 e. The molecule has 4 heteroatoms. The second-order valence-electron chi connectivity index (χ2n) is 4.98. The van der Waals surface area contributed by atoms with Gasteiger partial charge in [-0.2, -0.15) is 0 Å². The van der Waals surface area contributed by atoms with Crippen molar-refractivity contribution in [3.05, 3.63) is 0 Å². The van der Waals surface area contributed by atoms with Crippen molar-refractivity contribution in [1.29, 1.82) is 0 Å². The molecule has 1 atom stereocenters. The molecule has 0 aromatic heterocycles. The van der Waals surface area contributed by atoms with E-state index < -0.39 is 0 Å². The van der Waals surface area contributed by atoms with Crippen molar-refractivity contribution in [3.8, 4) is 0 Å². The molecule has 0 aromatic carbocycles. The third-order valence-electron chi connectivity index (χ3n) is 3.56. The fraction of sp³-hybridized carbons (Fsp3) is 0.923. The van der Waals surface area contributed by atoms with Gasteiger partial charge in [-0.05, 0) is 18.9 Å². The van der Waals surface area contributed by atoms with Crippen LogP contribution in [-0.4, -0.2) is 53.8 Å². The van der Waals surface area contributed by atoms with Crippen molar-refractivity contribution in [2.45, 2.75) is 33.1 Å². The zero-order chi connectivity index (χ0) is 12.7. The van der Waals surface area contributed by atoms with Crippen LogP contribution in [0.3, 0.4) is 0 Å². The van der Waals surface area contributed by atoms with Crippen LogP contribution >= 0.6 is 15.9 Å². The van der Waals surface area contributed by atoms with E-state index in [0.29, 0.717) is 11.8 Å². The first-order valence-electron chi connectivity index (χ1n) is 6.73. The van der Waals surface area contributed by atoms with Crippen molar-refractivity contribution in [2.24, 2.45) is 5.92 Å². The molecule has 0 aromatic rings. The van der Waals surface area contributed by atoms with Gasteiger partial charge >= 0.3 is 0 Å². The molecule has 0 bridgehead atoms. The second-order valence-corrected chi connectivity index (χ2v) is 5.78. The van der Waals surface area contributed by atoms with Crippen LogP contribution in [0.15, 0.2) is 0 Å². The Kier molecular flexibility index (Phi) is 7.12. The molecule has 0 aliphatic carbocycles. The van der Waals surface area contributed by atoms with E-state index in [9.17, 15) is 4.79 Å². The van der Waals surface area contributed by atoms with Crippen LogP contribution in [-0.2, 0) is 4.79 Å². The topological polar surface area (TPSA) is 23.6 Å². The highest BCUT2D eigenvalue weighted by Gasteiger charge is 2.19. The van der Waals surface area contributed by atoms with Gasteiger partial charge in [-0.25, -0.2) is 0 Å². The lowest BCUT2D eigenvalue weighted by atomic mass is 10.0. The smallest absolute Gasteiger partial charge is 0.222 e. The van der Waals surface area contributed by atoms with Gasteiger partial charge in [-0.3, -0.25) is 4.79 Å². The molecule has 1 fully saturated rings. The molecule has 1 unspecified atom stereocenters. The normalized spacial score (nSPS) is 20.1. The maximum Gasteiger partial charge on any atom is 0.222 e. The fourth-order valence-corrected chi connectivity index (χ4v) is 2.64. The van der Waals surface area contributed by atoms with Crippen molar-refractivity contribution in [3.63, 3.8) is 0 Å². The van der Waals surface area contributed by atoms with Gasteiger partial charge in [0.1, 0.15) is 0 Å². The van der Waals surface area contributed by atoms with Gasteiger partial charge in [-0.15, -0.1) is 0 Å². The quantitative estimate of drug-likeness (QED) is 0.728. The zero-order valence-electron chi connectivity index (χ0n) is 11.1. The summed E-state index contributed by atoms with van der Waals surface area (Å²) in [6, 6.07) is 0. The Hall–Kier alpha value is -0.0900. The molecular formula is C13H25BrN2O. The van der Waals surface area contributed by atoms with Crippen molar-refractivity contribution >= 4 is 21.8 Å². The summed E-state index contributed by atoms with van der Waals surface area (Å²) in [4.78, 5) is 16.6. The minimum absolute atomic E-state index is 0.347. The van der Waals surface area contributed by atoms with Crippen LogP contribution in [0, 0.1) is 5.92 Å². The summed E-state index contributed by atoms with van der Waals surface area (Å²) >= 11 is 3.47. The number of hydrogen-bond donors (Lipinski definition) is 0. The lowest BCUT2D eigenvalue weighted by Gasteiger charge is -2.22. The minimum Gasteiger partial charge on any atom is -0.341 e. The van der Waals surface area contributed by atoms with Crippen molar-refractivity contribution in [1.82, 2.24) is 9.80 Å². The number of carbonyl (C=O) groups is 1. The molecule has 0 spiro atoms. The summed E-state index contributed by atoms with van der Waals surface area (Å²) in [5, 5.41) is 1.02. The van der Waals surface area contributed by atoms with E-state index in [1.165, 1.54) is 0 Å². The Morgan fingerprint density at radius 1 is 1.29 bits per heavy atom. The van der Waals surface area contributed by atoms with Gasteiger partial charge in [-0.1, -0.05) is 36.2 Å². The first-order chi connectivity index (χ1) is 8.17. The zero-order valence-corrected chi connectivity index (χ0v) is 12.7. The van der Waals surface area contributed by atoms with Crippen LogP contribution in [0.25, 0.3) is 0 Å². The molecule has 0 N–H and O–H groups in total. The van der Waals surface area contributed by atoms with Gasteiger partial charge in [0.25, 0.3) is 0 Å². The van der Waals surface area contributed by atoms with E-state index in [1.807, 2.05) is 0 Å². The molecule has 1 aliphatic rings. The molecule has 0 radical (unpaired) electrons. The molecule has 1 aliphatic heterocycles. The average Bonchev–Trinajstić information content (AvgIpc) is 2.55. The predicted molar refractivity (Wildman–Crippen MR) is 75.5 cm³/mol. The molecule has 100 valence electrons. The van der Waals surface area contributed by atoms with E-state index in [1.54, 1.807) is 0 Å². The summed E-state index contributed by atoms with van der Waals surface area (Å²) in [5.41, 5.74) is 0. The Morgan fingerprint density at radius 3 is 2.71 bits per heavy atom. The molecule has 1 heterocycles. The third kappa shape index (κ3) is 5.38. The van der Waals surface area contributed by atoms with Gasteiger partial charge in [0.15, 0.2) is 0 Å². The summed E-state index contributed by atoms with van der Waals surface area (Å²) < 4.78 is 0. The van der Waals surface area contributed by atoms with Gasteiger partial charge in [0, 0.05) is 37.9 Å². The standard InChI is InChI=1S/C13H25BrN2O/c1-3-12(2)11-13(17)16-7-4-6-15(8-5-14)9-10-16/h12H,3-11H2,1-2H3. The number of halogens is 1. The molecular weight excluding hydrogens is 280 g/mol.